The van der Waals surface area contributed by atoms with Gasteiger partial charge in [0.05, 0.1) is 6.42 Å². The molecule has 0 spiro atoms. The van der Waals surface area contributed by atoms with Crippen LogP contribution >= 0.6 is 0 Å². The Morgan fingerprint density at radius 3 is 2.70 bits per heavy atom. The first-order valence-corrected chi connectivity index (χ1v) is 6.55. The van der Waals surface area contributed by atoms with Crippen molar-refractivity contribution < 1.29 is 18.0 Å². The minimum atomic E-state index is -4.25. The molecule has 0 aliphatic heterocycles. The first-order valence-electron chi connectivity index (χ1n) is 6.55. The molecule has 6 heteroatoms. The summed E-state index contributed by atoms with van der Waals surface area (Å²) in [7, 11) is 0. The molecule has 0 radical (unpaired) electrons. The Morgan fingerprint density at radius 1 is 1.35 bits per heavy atom. The maximum Gasteiger partial charge on any atom is 0.393 e. The van der Waals surface area contributed by atoms with Gasteiger partial charge in [0.15, 0.2) is 0 Å². The van der Waals surface area contributed by atoms with Crippen LogP contribution in [0.15, 0.2) is 24.3 Å². The average molecular weight is 286 g/mol. The molecule has 1 aliphatic rings. The van der Waals surface area contributed by atoms with Crippen LogP contribution in [0.3, 0.4) is 0 Å². The van der Waals surface area contributed by atoms with Gasteiger partial charge in [0.25, 0.3) is 0 Å². The number of nitrogens with one attached hydrogen (secondary N) is 1. The highest BCUT2D eigenvalue weighted by Crippen LogP contribution is 2.26. The predicted molar refractivity (Wildman–Crippen MR) is 70.1 cm³/mol. The van der Waals surface area contributed by atoms with Crippen LogP contribution in [0, 0.1) is 5.92 Å². The summed E-state index contributed by atoms with van der Waals surface area (Å²) >= 11 is 0. The standard InChI is InChI=1S/C14H17F3N2O/c15-14(16,17)8-9-2-1-3-12(6-9)19-13(20)10-4-5-11(18)7-10/h1-3,6,10-11H,4-5,7-8,18H2,(H,19,20). The molecule has 1 fully saturated rings. The number of anilines is 1. The number of halogens is 3. The molecule has 2 unspecified atom stereocenters. The first kappa shape index (κ1) is 14.8. The third-order valence-electron chi connectivity index (χ3n) is 3.44. The van der Waals surface area contributed by atoms with E-state index in [0.717, 1.165) is 12.8 Å². The maximum atomic E-state index is 12.3. The number of carbonyl (C=O) groups excluding carboxylic acids is 1. The van der Waals surface area contributed by atoms with E-state index >= 15 is 0 Å². The molecular formula is C14H17F3N2O. The minimum Gasteiger partial charge on any atom is -0.328 e. The second-order valence-corrected chi connectivity index (χ2v) is 5.25. The number of hydrogen-bond acceptors (Lipinski definition) is 2. The van der Waals surface area contributed by atoms with Gasteiger partial charge in [-0.05, 0) is 37.0 Å². The van der Waals surface area contributed by atoms with Crippen LogP contribution in [0.1, 0.15) is 24.8 Å². The number of benzene rings is 1. The van der Waals surface area contributed by atoms with E-state index in [1.807, 2.05) is 0 Å². The van der Waals surface area contributed by atoms with Crippen LogP contribution in [-0.2, 0) is 11.2 Å². The molecule has 3 nitrogen and oxygen atoms in total. The number of nitrogens with two attached hydrogens (primary N) is 1. The Hall–Kier alpha value is -1.56. The summed E-state index contributed by atoms with van der Waals surface area (Å²) in [6, 6.07) is 5.90. The average Bonchev–Trinajstić information content (AvgIpc) is 2.74. The van der Waals surface area contributed by atoms with E-state index < -0.39 is 12.6 Å². The quantitative estimate of drug-likeness (QED) is 0.897. The topological polar surface area (TPSA) is 55.1 Å². The van der Waals surface area contributed by atoms with Gasteiger partial charge in [0.1, 0.15) is 0 Å². The third-order valence-corrected chi connectivity index (χ3v) is 3.44. The van der Waals surface area contributed by atoms with E-state index in [2.05, 4.69) is 5.32 Å². The molecule has 1 aromatic carbocycles. The molecule has 2 atom stereocenters. The van der Waals surface area contributed by atoms with Gasteiger partial charge in [-0.3, -0.25) is 4.79 Å². The second-order valence-electron chi connectivity index (χ2n) is 5.25. The van der Waals surface area contributed by atoms with Gasteiger partial charge >= 0.3 is 6.18 Å². The van der Waals surface area contributed by atoms with E-state index in [1.54, 1.807) is 6.07 Å². The molecule has 20 heavy (non-hydrogen) atoms. The number of alkyl halides is 3. The normalized spacial score (nSPS) is 22.8. The smallest absolute Gasteiger partial charge is 0.328 e. The highest BCUT2D eigenvalue weighted by molar-refractivity contribution is 5.92. The Kier molecular flexibility index (Phi) is 4.32. The van der Waals surface area contributed by atoms with Crippen molar-refractivity contribution in [2.24, 2.45) is 11.7 Å². The van der Waals surface area contributed by atoms with Gasteiger partial charge in [0.2, 0.25) is 5.91 Å². The van der Waals surface area contributed by atoms with E-state index in [1.165, 1.54) is 18.2 Å². The number of carbonyl (C=O) groups is 1. The van der Waals surface area contributed by atoms with Gasteiger partial charge in [-0.1, -0.05) is 12.1 Å². The molecule has 1 saturated carbocycles. The molecule has 0 bridgehead atoms. The van der Waals surface area contributed by atoms with E-state index in [4.69, 9.17) is 5.73 Å². The molecular weight excluding hydrogens is 269 g/mol. The van der Waals surface area contributed by atoms with Crippen molar-refractivity contribution in [1.29, 1.82) is 0 Å². The molecule has 110 valence electrons. The summed E-state index contributed by atoms with van der Waals surface area (Å²) in [5.74, 6) is -0.307. The van der Waals surface area contributed by atoms with Gasteiger partial charge in [-0.2, -0.15) is 13.2 Å². The molecule has 2 rings (SSSR count). The van der Waals surface area contributed by atoms with Gasteiger partial charge in [-0.15, -0.1) is 0 Å². The van der Waals surface area contributed by atoms with Crippen molar-refractivity contribution in [3.63, 3.8) is 0 Å². The molecule has 0 heterocycles. The molecule has 3 N–H and O–H groups in total. The maximum absolute atomic E-state index is 12.3. The third kappa shape index (κ3) is 4.23. The summed E-state index contributed by atoms with van der Waals surface area (Å²) < 4.78 is 37.0. The monoisotopic (exact) mass is 286 g/mol. The lowest BCUT2D eigenvalue weighted by atomic mass is 10.1. The molecule has 0 aromatic heterocycles. The van der Waals surface area contributed by atoms with Crippen molar-refractivity contribution in [1.82, 2.24) is 0 Å². The van der Waals surface area contributed by atoms with E-state index in [9.17, 15) is 18.0 Å². The zero-order valence-electron chi connectivity index (χ0n) is 10.9. The number of rotatable bonds is 3. The van der Waals surface area contributed by atoms with E-state index in [-0.39, 0.29) is 23.4 Å². The van der Waals surface area contributed by atoms with E-state index in [0.29, 0.717) is 12.1 Å². The predicted octanol–water partition coefficient (Wildman–Crippen LogP) is 2.86. The lowest BCUT2D eigenvalue weighted by Gasteiger charge is -2.12. The second kappa shape index (κ2) is 5.83. The van der Waals surface area contributed by atoms with Gasteiger partial charge in [-0.25, -0.2) is 0 Å². The zero-order valence-corrected chi connectivity index (χ0v) is 10.9. The van der Waals surface area contributed by atoms with Crippen LogP contribution < -0.4 is 11.1 Å². The SMILES string of the molecule is NC1CCC(C(=O)Nc2cccc(CC(F)(F)F)c2)C1. The summed E-state index contributed by atoms with van der Waals surface area (Å²) in [6.07, 6.45) is -3.07. The van der Waals surface area contributed by atoms with Crippen LogP contribution in [0.2, 0.25) is 0 Å². The van der Waals surface area contributed by atoms with Crippen molar-refractivity contribution in [2.75, 3.05) is 5.32 Å². The van der Waals surface area contributed by atoms with Crippen LogP contribution in [-0.4, -0.2) is 18.1 Å². The molecule has 0 saturated heterocycles. The summed E-state index contributed by atoms with van der Waals surface area (Å²) in [5, 5.41) is 2.67. The fraction of sp³-hybridized carbons (Fsp3) is 0.500. The Balaban J connectivity index is 1.99. The van der Waals surface area contributed by atoms with Crippen LogP contribution in [0.5, 0.6) is 0 Å². The Morgan fingerprint density at radius 2 is 2.10 bits per heavy atom. The largest absolute Gasteiger partial charge is 0.393 e. The Labute approximate surface area is 115 Å². The summed E-state index contributed by atoms with van der Waals surface area (Å²) in [6.45, 7) is 0. The van der Waals surface area contributed by atoms with Crippen molar-refractivity contribution in [3.8, 4) is 0 Å². The van der Waals surface area contributed by atoms with Crippen LogP contribution in [0.25, 0.3) is 0 Å². The van der Waals surface area contributed by atoms with Crippen molar-refractivity contribution >= 4 is 11.6 Å². The fourth-order valence-electron chi connectivity index (χ4n) is 2.49. The fourth-order valence-corrected chi connectivity index (χ4v) is 2.49. The Bertz CT molecular complexity index is 488. The van der Waals surface area contributed by atoms with Crippen molar-refractivity contribution in [2.45, 2.75) is 37.9 Å². The lowest BCUT2D eigenvalue weighted by Crippen LogP contribution is -2.23. The van der Waals surface area contributed by atoms with Crippen molar-refractivity contribution in [3.05, 3.63) is 29.8 Å². The first-order chi connectivity index (χ1) is 9.33. The molecule has 1 amide bonds. The summed E-state index contributed by atoms with van der Waals surface area (Å²) in [4.78, 5) is 12.0. The van der Waals surface area contributed by atoms with Crippen LogP contribution in [0.4, 0.5) is 18.9 Å². The zero-order chi connectivity index (χ0) is 14.8. The lowest BCUT2D eigenvalue weighted by molar-refractivity contribution is -0.127. The highest BCUT2D eigenvalue weighted by atomic mass is 19.4. The number of amides is 1. The van der Waals surface area contributed by atoms with Gasteiger partial charge in [0, 0.05) is 17.6 Å². The molecule has 1 aliphatic carbocycles. The number of hydrogen-bond donors (Lipinski definition) is 2. The highest BCUT2D eigenvalue weighted by Gasteiger charge is 2.29. The van der Waals surface area contributed by atoms with Gasteiger partial charge < -0.3 is 11.1 Å². The summed E-state index contributed by atoms with van der Waals surface area (Å²) in [5.41, 5.74) is 6.28. The molecule has 1 aromatic rings. The minimum absolute atomic E-state index is 0.0438.